The molecule has 0 radical (unpaired) electrons. The van der Waals surface area contributed by atoms with E-state index in [0.717, 1.165) is 53.9 Å². The molecule has 1 aromatic carbocycles. The Morgan fingerprint density at radius 1 is 0.818 bits per heavy atom. The van der Waals surface area contributed by atoms with E-state index >= 15 is 0 Å². The lowest BCUT2D eigenvalue weighted by Gasteiger charge is -2.05. The second-order valence-electron chi connectivity index (χ2n) is 5.38. The number of aliphatic carboxylic acids is 4. The van der Waals surface area contributed by atoms with Crippen molar-refractivity contribution in [2.75, 3.05) is 26.2 Å². The van der Waals surface area contributed by atoms with E-state index in [-0.39, 0.29) is 0 Å². The molecule has 190 valence electrons. The smallest absolute Gasteiger partial charge is 0.300 e. The van der Waals surface area contributed by atoms with E-state index in [4.69, 9.17) is 50.7 Å². The fraction of sp³-hybridized carbons (Fsp3) is 0.450. The van der Waals surface area contributed by atoms with Crippen LogP contribution in [-0.4, -0.2) is 75.6 Å². The number of hydrogen-bond acceptors (Lipinski definition) is 9. The monoisotopic (exact) mass is 492 g/mol. The summed E-state index contributed by atoms with van der Waals surface area (Å²) < 4.78 is 0. The predicted molar refractivity (Wildman–Crippen MR) is 129 cm³/mol. The van der Waals surface area contributed by atoms with Crippen LogP contribution in [0.2, 0.25) is 0 Å². The standard InChI is InChI=1S/C11H19N3.4C2H4O2.CHNS/c12-6-7-13-8-9-14-10-11-4-2-1-3-5-11;4*1-2(3)4;2-1-3/h1-5,13-14H,6-10,12H2;4*1H3,(H,3,4);2H. The van der Waals surface area contributed by atoms with E-state index in [1.165, 1.54) is 5.56 Å². The third kappa shape index (κ3) is 126. The maximum absolute atomic E-state index is 9.00. The van der Waals surface area contributed by atoms with Gasteiger partial charge < -0.3 is 36.8 Å². The zero-order chi connectivity index (χ0) is 27.1. The van der Waals surface area contributed by atoms with Crippen LogP contribution in [0.4, 0.5) is 0 Å². The molecule has 0 fully saturated rings. The first-order valence-corrected chi connectivity index (χ1v) is 9.66. The highest BCUT2D eigenvalue weighted by molar-refractivity contribution is 7.78. The molecule has 0 aliphatic carbocycles. The number of benzene rings is 1. The quantitative estimate of drug-likeness (QED) is 0.153. The lowest BCUT2D eigenvalue weighted by molar-refractivity contribution is -0.135. The molecular weight excluding hydrogens is 456 g/mol. The molecule has 0 aliphatic heterocycles. The van der Waals surface area contributed by atoms with Gasteiger partial charge in [0.2, 0.25) is 0 Å². The Morgan fingerprint density at radius 3 is 1.42 bits per heavy atom. The number of rotatable bonds is 7. The summed E-state index contributed by atoms with van der Waals surface area (Å²) in [5.41, 5.74) is 6.68. The normalized spacial score (nSPS) is 7.67. The molecule has 0 atom stereocenters. The highest BCUT2D eigenvalue weighted by Crippen LogP contribution is 1.96. The number of isothiocyanates is 1. The Kier molecular flexibility index (Phi) is 44.0. The Labute approximate surface area is 199 Å². The average Bonchev–Trinajstić information content (AvgIpc) is 2.64. The number of carboxylic acids is 4. The van der Waals surface area contributed by atoms with Crippen molar-refractivity contribution in [3.05, 3.63) is 35.9 Å². The zero-order valence-corrected chi connectivity index (χ0v) is 20.1. The Balaban J connectivity index is -0.000000114. The van der Waals surface area contributed by atoms with Gasteiger partial charge in [0.05, 0.1) is 5.16 Å². The highest BCUT2D eigenvalue weighted by atomic mass is 32.1. The van der Waals surface area contributed by atoms with Gasteiger partial charge in [-0.25, -0.2) is 5.41 Å². The van der Waals surface area contributed by atoms with Gasteiger partial charge in [0.15, 0.2) is 0 Å². The topological polar surface area (TPSA) is 223 Å². The summed E-state index contributed by atoms with van der Waals surface area (Å²) in [5, 5.41) is 43.6. The first-order chi connectivity index (χ1) is 15.3. The van der Waals surface area contributed by atoms with Crippen molar-refractivity contribution in [1.29, 1.82) is 5.41 Å². The predicted octanol–water partition coefficient (Wildman–Crippen LogP) is 1.36. The molecule has 9 N–H and O–H groups in total. The molecule has 0 heterocycles. The summed E-state index contributed by atoms with van der Waals surface area (Å²) in [6.45, 7) is 8.83. The van der Waals surface area contributed by atoms with E-state index in [1.54, 1.807) is 5.16 Å². The molecule has 0 aromatic heterocycles. The molecule has 0 spiro atoms. The van der Waals surface area contributed by atoms with Gasteiger partial charge in [-0.2, -0.15) is 0 Å². The summed E-state index contributed by atoms with van der Waals surface area (Å²) in [5.74, 6) is -3.33. The Bertz CT molecular complexity index is 576. The third-order valence-electron chi connectivity index (χ3n) is 1.97. The zero-order valence-electron chi connectivity index (χ0n) is 19.3. The lowest BCUT2D eigenvalue weighted by Crippen LogP contribution is -2.30. The molecule has 12 nitrogen and oxygen atoms in total. The van der Waals surface area contributed by atoms with Gasteiger partial charge in [-0.3, -0.25) is 19.2 Å². The van der Waals surface area contributed by atoms with E-state index in [1.807, 2.05) is 6.07 Å². The summed E-state index contributed by atoms with van der Waals surface area (Å²) in [6.07, 6.45) is 0. The van der Waals surface area contributed by atoms with Gasteiger partial charge in [0.1, 0.15) is 0 Å². The fourth-order valence-corrected chi connectivity index (χ4v) is 1.23. The molecule has 0 amide bonds. The van der Waals surface area contributed by atoms with Gasteiger partial charge >= 0.3 is 0 Å². The van der Waals surface area contributed by atoms with Crippen LogP contribution in [-0.2, 0) is 25.7 Å². The van der Waals surface area contributed by atoms with Crippen LogP contribution in [0.25, 0.3) is 0 Å². The summed E-state index contributed by atoms with van der Waals surface area (Å²) in [4.78, 5) is 36.0. The molecule has 1 rings (SSSR count). The fourth-order valence-electron chi connectivity index (χ4n) is 1.23. The average molecular weight is 493 g/mol. The molecule has 1 aromatic rings. The van der Waals surface area contributed by atoms with Gasteiger partial charge in [-0.15, -0.1) is 0 Å². The summed E-state index contributed by atoms with van der Waals surface area (Å²) >= 11 is 3.81. The lowest BCUT2D eigenvalue weighted by atomic mass is 10.2. The number of nitrogens with one attached hydrogen (secondary N) is 3. The van der Waals surface area contributed by atoms with E-state index in [2.05, 4.69) is 47.1 Å². The number of carbonyl (C=O) groups is 4. The third-order valence-corrected chi connectivity index (χ3v) is 1.97. The van der Waals surface area contributed by atoms with Crippen LogP contribution in [0.5, 0.6) is 0 Å². The molecule has 33 heavy (non-hydrogen) atoms. The number of carboxylic acid groups (broad SMARTS) is 4. The van der Waals surface area contributed by atoms with Crippen molar-refractivity contribution in [3.63, 3.8) is 0 Å². The van der Waals surface area contributed by atoms with Gasteiger partial charge in [-0.1, -0.05) is 30.3 Å². The maximum Gasteiger partial charge on any atom is 0.300 e. The van der Waals surface area contributed by atoms with Crippen LogP contribution in [0.3, 0.4) is 0 Å². The Morgan fingerprint density at radius 2 is 1.12 bits per heavy atom. The van der Waals surface area contributed by atoms with E-state index in [9.17, 15) is 0 Å². The second kappa shape index (κ2) is 36.2. The van der Waals surface area contributed by atoms with Crippen LogP contribution in [0.1, 0.15) is 33.3 Å². The summed E-state index contributed by atoms with van der Waals surface area (Å²) in [6, 6.07) is 10.4. The van der Waals surface area contributed by atoms with Crippen molar-refractivity contribution in [3.8, 4) is 0 Å². The number of thiocarbonyl (C=S) groups is 1. The van der Waals surface area contributed by atoms with Gasteiger partial charge in [0.25, 0.3) is 23.9 Å². The van der Waals surface area contributed by atoms with Crippen LogP contribution in [0.15, 0.2) is 30.3 Å². The molecule has 13 heteroatoms. The molecule has 0 unspecified atom stereocenters. The first-order valence-electron chi connectivity index (χ1n) is 9.25. The largest absolute Gasteiger partial charge is 0.481 e. The second-order valence-corrected chi connectivity index (χ2v) is 5.58. The molecular formula is C20H36N4O8S. The number of nitrogens with two attached hydrogens (primary N) is 1. The van der Waals surface area contributed by atoms with Gasteiger partial charge in [0, 0.05) is 60.4 Å². The maximum atomic E-state index is 9.00. The minimum Gasteiger partial charge on any atom is -0.481 e. The van der Waals surface area contributed by atoms with Crippen LogP contribution < -0.4 is 16.4 Å². The SMILES string of the molecule is CC(=O)O.CC(=O)O.CC(=O)O.CC(=O)O.N=C=S.NCCNCCNCc1ccccc1. The van der Waals surface area contributed by atoms with Crippen molar-refractivity contribution in [2.45, 2.75) is 34.2 Å². The van der Waals surface area contributed by atoms with E-state index in [0.29, 0.717) is 6.54 Å². The number of hydrogen-bond donors (Lipinski definition) is 8. The molecule has 0 saturated heterocycles. The van der Waals surface area contributed by atoms with Crippen LogP contribution >= 0.6 is 12.2 Å². The minimum absolute atomic E-state index is 0.707. The van der Waals surface area contributed by atoms with Gasteiger partial charge in [-0.05, 0) is 17.8 Å². The molecule has 0 aliphatic rings. The van der Waals surface area contributed by atoms with Crippen molar-refractivity contribution < 1.29 is 39.6 Å². The Hall–Kier alpha value is -3.22. The minimum atomic E-state index is -0.833. The molecule has 0 saturated carbocycles. The highest BCUT2D eigenvalue weighted by Gasteiger charge is 1.89. The first kappa shape index (κ1) is 40.2. The summed E-state index contributed by atoms with van der Waals surface area (Å²) in [7, 11) is 0. The molecule has 0 bridgehead atoms. The van der Waals surface area contributed by atoms with Crippen LogP contribution in [0, 0.1) is 5.41 Å². The van der Waals surface area contributed by atoms with Crippen molar-refractivity contribution in [1.82, 2.24) is 10.6 Å². The van der Waals surface area contributed by atoms with Crippen molar-refractivity contribution >= 4 is 41.3 Å². The van der Waals surface area contributed by atoms with Crippen molar-refractivity contribution in [2.24, 2.45) is 5.73 Å². The van der Waals surface area contributed by atoms with E-state index < -0.39 is 23.9 Å².